The fourth-order valence-electron chi connectivity index (χ4n) is 1.93. The summed E-state index contributed by atoms with van der Waals surface area (Å²) in [5.41, 5.74) is 2.36. The van der Waals surface area contributed by atoms with Crippen LogP contribution in [0.5, 0.6) is 5.75 Å². The van der Waals surface area contributed by atoms with E-state index in [9.17, 15) is 13.2 Å². The maximum absolute atomic E-state index is 12.4. The van der Waals surface area contributed by atoms with Crippen LogP contribution in [0.3, 0.4) is 0 Å². The van der Waals surface area contributed by atoms with Crippen molar-refractivity contribution in [1.29, 1.82) is 0 Å². The van der Waals surface area contributed by atoms with Gasteiger partial charge in [0.25, 0.3) is 0 Å². The summed E-state index contributed by atoms with van der Waals surface area (Å²) in [6.07, 6.45) is 5.71. The van der Waals surface area contributed by atoms with Gasteiger partial charge in [-0.15, -0.1) is 13.2 Å². The summed E-state index contributed by atoms with van der Waals surface area (Å²) in [4.78, 5) is 0. The number of hydrogen-bond acceptors (Lipinski definition) is 2. The molecule has 1 rings (SSSR count). The van der Waals surface area contributed by atoms with Crippen molar-refractivity contribution >= 4 is 29.3 Å². The molecule has 0 aliphatic heterocycles. The lowest BCUT2D eigenvalue weighted by molar-refractivity contribution is -0.274. The Labute approximate surface area is 160 Å². The Morgan fingerprint density at radius 2 is 1.85 bits per heavy atom. The van der Waals surface area contributed by atoms with E-state index in [1.807, 2.05) is 32.1 Å². The van der Waals surface area contributed by atoms with E-state index < -0.39 is 12.1 Å². The molecule has 0 fully saturated rings. The second-order valence-corrected chi connectivity index (χ2v) is 6.28. The molecule has 0 aromatic heterocycles. The number of ether oxygens (including phenoxy) is 1. The quantitative estimate of drug-likeness (QED) is 0.535. The monoisotopic (exact) mass is 406 g/mol. The van der Waals surface area contributed by atoms with Gasteiger partial charge in [-0.25, -0.2) is 0 Å². The first-order valence-corrected chi connectivity index (χ1v) is 8.35. The minimum absolute atomic E-state index is 0.0246. The smallest absolute Gasteiger partial charge is 0.405 e. The van der Waals surface area contributed by atoms with Gasteiger partial charge in [0, 0.05) is 17.2 Å². The minimum atomic E-state index is -4.82. The molecule has 0 amide bonds. The second kappa shape index (κ2) is 9.86. The number of aliphatic hydroxyl groups excluding tert-OH is 1. The van der Waals surface area contributed by atoms with E-state index in [-0.39, 0.29) is 22.2 Å². The van der Waals surface area contributed by atoms with Gasteiger partial charge in [0.1, 0.15) is 5.75 Å². The van der Waals surface area contributed by atoms with Gasteiger partial charge in [0.2, 0.25) is 0 Å². The molecule has 2 nitrogen and oxygen atoms in total. The molecule has 0 aliphatic carbocycles. The second-order valence-electron chi connectivity index (χ2n) is 5.49. The summed E-state index contributed by atoms with van der Waals surface area (Å²) in [6, 6.07) is 1.10. The molecule has 0 radical (unpaired) electrons. The lowest BCUT2D eigenvalue weighted by Crippen LogP contribution is -2.18. The SMILES string of the molecule is CC(C=Cc1c(Cl)cc(OC(F)(F)F)c(C)c1Cl)=CC=CC(C)=CCO. The molecule has 0 heterocycles. The first kappa shape index (κ1) is 22.4. The highest BCUT2D eigenvalue weighted by molar-refractivity contribution is 6.38. The zero-order chi connectivity index (χ0) is 19.9. The molecule has 1 N–H and O–H groups in total. The predicted molar refractivity (Wildman–Crippen MR) is 101 cm³/mol. The fraction of sp³-hybridized carbons (Fsp3) is 0.263. The molecule has 0 spiro atoms. The molecule has 1 aromatic carbocycles. The van der Waals surface area contributed by atoms with E-state index in [1.54, 1.807) is 18.2 Å². The molecule has 0 unspecified atom stereocenters. The molecule has 0 atom stereocenters. The Hall–Kier alpha value is -1.69. The van der Waals surface area contributed by atoms with E-state index in [2.05, 4.69) is 4.74 Å². The number of rotatable bonds is 6. The van der Waals surface area contributed by atoms with Crippen LogP contribution in [0.15, 0.2) is 47.6 Å². The zero-order valence-corrected chi connectivity index (χ0v) is 16.0. The molecule has 26 heavy (non-hydrogen) atoms. The maximum atomic E-state index is 12.4. The average molecular weight is 407 g/mol. The van der Waals surface area contributed by atoms with Crippen molar-refractivity contribution in [3.8, 4) is 5.75 Å². The number of aliphatic hydroxyl groups is 1. The predicted octanol–water partition coefficient (Wildman–Crippen LogP) is 6.65. The first-order chi connectivity index (χ1) is 12.0. The fourth-order valence-corrected chi connectivity index (χ4v) is 2.50. The average Bonchev–Trinajstić information content (AvgIpc) is 2.51. The molecule has 7 heteroatoms. The summed E-state index contributed by atoms with van der Waals surface area (Å²) in [6.45, 7) is 5.11. The lowest BCUT2D eigenvalue weighted by atomic mass is 10.1. The van der Waals surface area contributed by atoms with Gasteiger partial charge in [0.05, 0.1) is 16.7 Å². The van der Waals surface area contributed by atoms with E-state index in [0.29, 0.717) is 5.56 Å². The molecule has 142 valence electrons. The lowest BCUT2D eigenvalue weighted by Gasteiger charge is -2.14. The molecule has 0 saturated carbocycles. The number of allylic oxidation sites excluding steroid dienone is 6. The van der Waals surface area contributed by atoms with Crippen molar-refractivity contribution in [2.75, 3.05) is 6.61 Å². The number of alkyl halides is 3. The van der Waals surface area contributed by atoms with E-state index in [4.69, 9.17) is 28.3 Å². The standard InChI is InChI=1S/C19H19Cl2F3O2/c1-12(5-4-6-13(2)9-10-25)7-8-15-16(20)11-17(14(3)18(15)21)26-19(22,23)24/h4-9,11,25H,10H2,1-3H3. The van der Waals surface area contributed by atoms with Gasteiger partial charge in [0.15, 0.2) is 0 Å². The van der Waals surface area contributed by atoms with E-state index in [1.165, 1.54) is 6.92 Å². The van der Waals surface area contributed by atoms with Crippen LogP contribution >= 0.6 is 23.2 Å². The Morgan fingerprint density at radius 3 is 2.42 bits per heavy atom. The Morgan fingerprint density at radius 1 is 1.19 bits per heavy atom. The van der Waals surface area contributed by atoms with Crippen LogP contribution in [-0.2, 0) is 0 Å². The summed E-state index contributed by atoms with van der Waals surface area (Å²) in [7, 11) is 0. The Kier molecular flexibility index (Phi) is 8.47. The first-order valence-electron chi connectivity index (χ1n) is 7.60. The number of benzene rings is 1. The molecule has 0 saturated heterocycles. The van der Waals surface area contributed by atoms with Gasteiger partial charge in [-0.2, -0.15) is 0 Å². The van der Waals surface area contributed by atoms with Gasteiger partial charge < -0.3 is 9.84 Å². The molecule has 1 aromatic rings. The Bertz CT molecular complexity index is 761. The summed E-state index contributed by atoms with van der Waals surface area (Å²) in [5, 5.41) is 8.93. The van der Waals surface area contributed by atoms with Crippen molar-refractivity contribution in [3.05, 3.63) is 68.8 Å². The number of hydrogen-bond donors (Lipinski definition) is 1. The van der Waals surface area contributed by atoms with Crippen molar-refractivity contribution in [3.63, 3.8) is 0 Å². The van der Waals surface area contributed by atoms with Crippen LogP contribution in [0.4, 0.5) is 13.2 Å². The third-order valence-electron chi connectivity index (χ3n) is 3.32. The van der Waals surface area contributed by atoms with Crippen molar-refractivity contribution in [1.82, 2.24) is 0 Å². The summed E-state index contributed by atoms with van der Waals surface area (Å²) in [5.74, 6) is -0.425. The van der Waals surface area contributed by atoms with Gasteiger partial charge in [-0.05, 0) is 20.8 Å². The largest absolute Gasteiger partial charge is 0.573 e. The van der Waals surface area contributed by atoms with Crippen LogP contribution < -0.4 is 4.74 Å². The minimum Gasteiger partial charge on any atom is -0.405 e. The Balaban J connectivity index is 3.05. The normalized spacial score (nSPS) is 13.9. The number of halogens is 5. The van der Waals surface area contributed by atoms with Crippen LogP contribution in [0.1, 0.15) is 25.0 Å². The zero-order valence-electron chi connectivity index (χ0n) is 14.5. The molecule has 0 aliphatic rings. The highest BCUT2D eigenvalue weighted by Crippen LogP contribution is 2.38. The molecule has 0 bridgehead atoms. The van der Waals surface area contributed by atoms with Crippen LogP contribution in [0.25, 0.3) is 6.08 Å². The van der Waals surface area contributed by atoms with Crippen molar-refractivity contribution in [2.24, 2.45) is 0 Å². The van der Waals surface area contributed by atoms with Crippen LogP contribution in [0.2, 0.25) is 10.0 Å². The maximum Gasteiger partial charge on any atom is 0.573 e. The van der Waals surface area contributed by atoms with Gasteiger partial charge in [-0.3, -0.25) is 0 Å². The van der Waals surface area contributed by atoms with Crippen LogP contribution in [0, 0.1) is 6.92 Å². The summed E-state index contributed by atoms with van der Waals surface area (Å²) < 4.78 is 41.2. The van der Waals surface area contributed by atoms with Gasteiger partial charge in [-0.1, -0.05) is 70.8 Å². The third-order valence-corrected chi connectivity index (χ3v) is 4.12. The molecular formula is C19H19Cl2F3O2. The van der Waals surface area contributed by atoms with Crippen molar-refractivity contribution < 1.29 is 23.0 Å². The third kappa shape index (κ3) is 7.28. The van der Waals surface area contributed by atoms with E-state index in [0.717, 1.165) is 17.2 Å². The molecular weight excluding hydrogens is 388 g/mol. The van der Waals surface area contributed by atoms with Crippen LogP contribution in [-0.4, -0.2) is 18.1 Å². The summed E-state index contributed by atoms with van der Waals surface area (Å²) >= 11 is 12.2. The van der Waals surface area contributed by atoms with E-state index >= 15 is 0 Å². The van der Waals surface area contributed by atoms with Gasteiger partial charge >= 0.3 is 6.36 Å². The van der Waals surface area contributed by atoms with Crippen molar-refractivity contribution in [2.45, 2.75) is 27.1 Å². The topological polar surface area (TPSA) is 29.5 Å². The highest BCUT2D eigenvalue weighted by atomic mass is 35.5. The highest BCUT2D eigenvalue weighted by Gasteiger charge is 2.32.